The Kier molecular flexibility index (Phi) is 6.39. The highest BCUT2D eigenvalue weighted by atomic mass is 32.1. The molecule has 1 aliphatic rings. The number of carbonyl (C=O) groups is 2. The first kappa shape index (κ1) is 20.1. The molecule has 6 nitrogen and oxygen atoms in total. The number of nitrogens with zero attached hydrogens (tertiary/aromatic N) is 2. The molecule has 1 aliphatic carbocycles. The Labute approximate surface area is 179 Å². The van der Waals surface area contributed by atoms with E-state index in [1.807, 2.05) is 46.6 Å². The number of carbonyl (C=O) groups excluding carboxylic acids is 2. The van der Waals surface area contributed by atoms with Crippen LogP contribution in [0.3, 0.4) is 0 Å². The molecule has 1 amide bonds. The van der Waals surface area contributed by atoms with Crippen LogP contribution in [0.25, 0.3) is 16.6 Å². The van der Waals surface area contributed by atoms with Crippen molar-refractivity contribution in [2.75, 3.05) is 13.2 Å². The van der Waals surface area contributed by atoms with E-state index in [0.717, 1.165) is 34.5 Å². The third-order valence-corrected chi connectivity index (χ3v) is 5.61. The van der Waals surface area contributed by atoms with E-state index in [0.29, 0.717) is 19.1 Å². The van der Waals surface area contributed by atoms with Gasteiger partial charge in [0.25, 0.3) is 0 Å². The van der Waals surface area contributed by atoms with Gasteiger partial charge in [-0.3, -0.25) is 14.3 Å². The third-order valence-electron chi connectivity index (χ3n) is 4.73. The zero-order valence-electron chi connectivity index (χ0n) is 16.5. The van der Waals surface area contributed by atoms with E-state index in [9.17, 15) is 9.59 Å². The molecule has 1 N–H and O–H groups in total. The molecule has 30 heavy (non-hydrogen) atoms. The van der Waals surface area contributed by atoms with Crippen LogP contribution in [0.1, 0.15) is 24.0 Å². The van der Waals surface area contributed by atoms with Crippen molar-refractivity contribution >= 4 is 29.3 Å². The molecule has 0 atom stereocenters. The van der Waals surface area contributed by atoms with E-state index in [1.54, 1.807) is 17.4 Å². The van der Waals surface area contributed by atoms with Crippen LogP contribution < -0.4 is 5.32 Å². The standard InChI is InChI=1S/C23H23N3O3S/c27-21(24-13-22(28)29-16-18-8-9-18)11-10-19-15-26(14-17-5-2-1-3-6-17)25-23(19)20-7-4-12-30-20/h1-7,10-12,15,18H,8-9,13-14,16H2,(H,24,27)/b11-10+. The van der Waals surface area contributed by atoms with E-state index >= 15 is 0 Å². The van der Waals surface area contributed by atoms with E-state index < -0.39 is 5.97 Å². The van der Waals surface area contributed by atoms with Crippen molar-refractivity contribution in [2.45, 2.75) is 19.4 Å². The van der Waals surface area contributed by atoms with Crippen molar-refractivity contribution in [3.05, 3.63) is 71.2 Å². The zero-order chi connectivity index (χ0) is 20.8. The fourth-order valence-corrected chi connectivity index (χ4v) is 3.68. The van der Waals surface area contributed by atoms with Gasteiger partial charge in [0, 0.05) is 17.8 Å². The minimum Gasteiger partial charge on any atom is -0.464 e. The van der Waals surface area contributed by atoms with Gasteiger partial charge in [-0.1, -0.05) is 36.4 Å². The van der Waals surface area contributed by atoms with Crippen molar-refractivity contribution in [3.8, 4) is 10.6 Å². The maximum absolute atomic E-state index is 12.1. The molecule has 1 aromatic carbocycles. The summed E-state index contributed by atoms with van der Waals surface area (Å²) in [5.41, 5.74) is 2.82. The molecular weight excluding hydrogens is 398 g/mol. The van der Waals surface area contributed by atoms with Crippen LogP contribution in [0.4, 0.5) is 0 Å². The van der Waals surface area contributed by atoms with Gasteiger partial charge in [0.2, 0.25) is 5.91 Å². The summed E-state index contributed by atoms with van der Waals surface area (Å²) in [5.74, 6) is -0.238. The van der Waals surface area contributed by atoms with Gasteiger partial charge in [-0.2, -0.15) is 5.10 Å². The predicted octanol–water partition coefficient (Wildman–Crippen LogP) is 3.74. The van der Waals surface area contributed by atoms with Crippen LogP contribution in [0, 0.1) is 5.92 Å². The van der Waals surface area contributed by atoms with Crippen LogP contribution in [0.5, 0.6) is 0 Å². The fraction of sp³-hybridized carbons (Fsp3) is 0.261. The fourth-order valence-electron chi connectivity index (χ4n) is 2.95. The molecule has 0 bridgehead atoms. The Balaban J connectivity index is 1.41. The summed E-state index contributed by atoms with van der Waals surface area (Å²) in [7, 11) is 0. The number of hydrogen-bond acceptors (Lipinski definition) is 5. The molecule has 0 saturated heterocycles. The Morgan fingerprint density at radius 1 is 1.20 bits per heavy atom. The maximum Gasteiger partial charge on any atom is 0.325 e. The molecule has 2 aromatic heterocycles. The maximum atomic E-state index is 12.1. The van der Waals surface area contributed by atoms with Crippen molar-refractivity contribution in [2.24, 2.45) is 5.92 Å². The average Bonchev–Trinajstić information content (AvgIpc) is 3.26. The lowest BCUT2D eigenvalue weighted by atomic mass is 10.2. The number of ether oxygens (including phenoxy) is 1. The molecule has 1 saturated carbocycles. The normalized spacial score (nSPS) is 13.5. The first-order valence-electron chi connectivity index (χ1n) is 9.94. The molecule has 4 rings (SSSR count). The molecule has 0 aliphatic heterocycles. The number of hydrogen-bond donors (Lipinski definition) is 1. The molecule has 2 heterocycles. The first-order chi connectivity index (χ1) is 14.7. The average molecular weight is 422 g/mol. The monoisotopic (exact) mass is 421 g/mol. The van der Waals surface area contributed by atoms with Gasteiger partial charge in [-0.15, -0.1) is 11.3 Å². The largest absolute Gasteiger partial charge is 0.464 e. The SMILES string of the molecule is O=C(/C=C/c1cn(Cc2ccccc2)nc1-c1cccs1)NCC(=O)OCC1CC1. The van der Waals surface area contributed by atoms with Crippen LogP contribution in [0.15, 0.2) is 60.1 Å². The highest BCUT2D eigenvalue weighted by molar-refractivity contribution is 7.13. The van der Waals surface area contributed by atoms with E-state index in [-0.39, 0.29) is 12.5 Å². The van der Waals surface area contributed by atoms with E-state index in [1.165, 1.54) is 6.08 Å². The van der Waals surface area contributed by atoms with Gasteiger partial charge in [0.15, 0.2) is 0 Å². The molecule has 1 fully saturated rings. The molecule has 0 unspecified atom stereocenters. The lowest BCUT2D eigenvalue weighted by Gasteiger charge is -2.03. The van der Waals surface area contributed by atoms with Crippen molar-refractivity contribution < 1.29 is 14.3 Å². The van der Waals surface area contributed by atoms with Crippen molar-refractivity contribution in [1.29, 1.82) is 0 Å². The summed E-state index contributed by atoms with van der Waals surface area (Å²) in [6.07, 6.45) is 7.32. The zero-order valence-corrected chi connectivity index (χ0v) is 17.3. The summed E-state index contributed by atoms with van der Waals surface area (Å²) >= 11 is 1.60. The number of rotatable bonds is 9. The summed E-state index contributed by atoms with van der Waals surface area (Å²) in [4.78, 5) is 24.8. The molecule has 0 spiro atoms. The van der Waals surface area contributed by atoms with Crippen LogP contribution in [0.2, 0.25) is 0 Å². The van der Waals surface area contributed by atoms with Gasteiger partial charge in [-0.25, -0.2) is 0 Å². The van der Waals surface area contributed by atoms with Crippen molar-refractivity contribution in [1.82, 2.24) is 15.1 Å². The van der Waals surface area contributed by atoms with Crippen LogP contribution in [-0.4, -0.2) is 34.8 Å². The molecular formula is C23H23N3O3S. The summed E-state index contributed by atoms with van der Waals surface area (Å²) in [6, 6.07) is 14.1. The van der Waals surface area contributed by atoms with Gasteiger partial charge in [0.1, 0.15) is 12.2 Å². The minimum atomic E-state index is -0.404. The molecule has 0 radical (unpaired) electrons. The number of amides is 1. The molecule has 154 valence electrons. The second-order valence-corrected chi connectivity index (χ2v) is 8.22. The number of benzene rings is 1. The highest BCUT2D eigenvalue weighted by Crippen LogP contribution is 2.29. The second-order valence-electron chi connectivity index (χ2n) is 7.27. The van der Waals surface area contributed by atoms with Crippen LogP contribution in [-0.2, 0) is 20.9 Å². The Morgan fingerprint density at radius 2 is 2.03 bits per heavy atom. The Bertz CT molecular complexity index is 1020. The number of esters is 1. The number of aromatic nitrogens is 2. The lowest BCUT2D eigenvalue weighted by Crippen LogP contribution is -2.29. The summed E-state index contributed by atoms with van der Waals surface area (Å²) < 4.78 is 6.99. The second kappa shape index (κ2) is 9.54. The van der Waals surface area contributed by atoms with Gasteiger partial charge >= 0.3 is 5.97 Å². The lowest BCUT2D eigenvalue weighted by molar-refractivity contribution is -0.144. The Hall–Kier alpha value is -3.19. The predicted molar refractivity (Wildman–Crippen MR) is 117 cm³/mol. The highest BCUT2D eigenvalue weighted by Gasteiger charge is 2.23. The van der Waals surface area contributed by atoms with Crippen molar-refractivity contribution in [3.63, 3.8) is 0 Å². The van der Waals surface area contributed by atoms with E-state index in [4.69, 9.17) is 9.84 Å². The first-order valence-corrected chi connectivity index (χ1v) is 10.8. The number of nitrogens with one attached hydrogen (secondary N) is 1. The smallest absolute Gasteiger partial charge is 0.325 e. The topological polar surface area (TPSA) is 73.2 Å². The molecule has 3 aromatic rings. The van der Waals surface area contributed by atoms with Gasteiger partial charge < -0.3 is 10.1 Å². The van der Waals surface area contributed by atoms with Gasteiger partial charge in [0.05, 0.1) is 18.0 Å². The summed E-state index contributed by atoms with van der Waals surface area (Å²) in [5, 5.41) is 9.29. The number of thiophene rings is 1. The summed E-state index contributed by atoms with van der Waals surface area (Å²) in [6.45, 7) is 0.975. The van der Waals surface area contributed by atoms with E-state index in [2.05, 4.69) is 17.4 Å². The van der Waals surface area contributed by atoms with Gasteiger partial charge in [-0.05, 0) is 41.8 Å². The molecule has 7 heteroatoms. The minimum absolute atomic E-state index is 0.124. The quantitative estimate of drug-likeness (QED) is 0.422. The third kappa shape index (κ3) is 5.67. The Morgan fingerprint density at radius 3 is 2.77 bits per heavy atom. The van der Waals surface area contributed by atoms with Crippen LogP contribution >= 0.6 is 11.3 Å².